The Morgan fingerprint density at radius 2 is 1.81 bits per heavy atom. The van der Waals surface area contributed by atoms with Crippen molar-refractivity contribution in [2.75, 3.05) is 51.6 Å². The Morgan fingerprint density at radius 3 is 2.54 bits per heavy atom. The first kappa shape index (κ1) is 28.3. The van der Waals surface area contributed by atoms with Crippen molar-refractivity contribution < 1.29 is 18.0 Å². The van der Waals surface area contributed by atoms with Crippen molar-refractivity contribution in [2.45, 2.75) is 68.7 Å². The van der Waals surface area contributed by atoms with Crippen LogP contribution in [0, 0.1) is 12.8 Å². The normalized spacial score (nSPS) is 25.7. The fourth-order valence-electron chi connectivity index (χ4n) is 5.54. The smallest absolute Gasteiger partial charge is 0.245 e. The molecule has 206 valence electrons. The summed E-state index contributed by atoms with van der Waals surface area (Å²) in [6.07, 6.45) is 6.13. The van der Waals surface area contributed by atoms with Crippen LogP contribution in [0.4, 0.5) is 5.69 Å². The van der Waals surface area contributed by atoms with Crippen molar-refractivity contribution in [3.8, 4) is 0 Å². The van der Waals surface area contributed by atoms with Gasteiger partial charge in [0.2, 0.25) is 21.8 Å². The van der Waals surface area contributed by atoms with Crippen LogP contribution >= 0.6 is 11.6 Å². The largest absolute Gasteiger partial charge is 0.324 e. The Hall–Kier alpha value is -1.72. The molecule has 37 heavy (non-hydrogen) atoms. The number of carbonyl (C=O) groups excluding carboxylic acids is 2. The summed E-state index contributed by atoms with van der Waals surface area (Å²) in [5, 5.41) is 6.11. The van der Waals surface area contributed by atoms with Gasteiger partial charge in [-0.05, 0) is 57.5 Å². The number of hydrogen-bond acceptors (Lipinski definition) is 6. The van der Waals surface area contributed by atoms with E-state index in [9.17, 15) is 18.0 Å². The highest BCUT2D eigenvalue weighted by molar-refractivity contribution is 7.89. The second kappa shape index (κ2) is 12.0. The Morgan fingerprint density at radius 1 is 1.08 bits per heavy atom. The van der Waals surface area contributed by atoms with Gasteiger partial charge < -0.3 is 10.2 Å². The Labute approximate surface area is 226 Å². The van der Waals surface area contributed by atoms with Gasteiger partial charge in [0, 0.05) is 37.9 Å². The Bertz CT molecular complexity index is 1090. The first-order valence-electron chi connectivity index (χ1n) is 13.4. The third-order valence-corrected chi connectivity index (χ3v) is 10.5. The Kier molecular flexibility index (Phi) is 9.17. The highest BCUT2D eigenvalue weighted by Crippen LogP contribution is 2.31. The lowest BCUT2D eigenvalue weighted by Gasteiger charge is -2.47. The molecule has 3 fully saturated rings. The maximum absolute atomic E-state index is 13.5. The monoisotopic (exact) mass is 553 g/mol. The van der Waals surface area contributed by atoms with E-state index in [1.54, 1.807) is 31.0 Å². The number of benzene rings is 1. The molecule has 0 aromatic heterocycles. The Balaban J connectivity index is 1.49. The van der Waals surface area contributed by atoms with Crippen LogP contribution in [0.3, 0.4) is 0 Å². The molecule has 1 aromatic carbocycles. The molecule has 1 saturated carbocycles. The van der Waals surface area contributed by atoms with Crippen molar-refractivity contribution in [1.29, 1.82) is 0 Å². The fraction of sp³-hybridized carbons (Fsp3) is 0.692. The molecule has 2 aliphatic heterocycles. The molecule has 1 aliphatic carbocycles. The average molecular weight is 554 g/mol. The van der Waals surface area contributed by atoms with Crippen molar-refractivity contribution in [1.82, 2.24) is 19.2 Å². The van der Waals surface area contributed by atoms with Crippen LogP contribution in [0.1, 0.15) is 51.0 Å². The molecular weight excluding hydrogens is 514 g/mol. The molecular formula is C26H40ClN5O4S. The number of aryl methyl sites for hydroxylation is 1. The number of hydrazine groups is 1. The number of hydrogen-bond donors (Lipinski definition) is 1. The number of alkyl halides is 1. The molecule has 0 bridgehead atoms. The van der Waals surface area contributed by atoms with E-state index in [1.807, 2.05) is 12.1 Å². The molecule has 4 rings (SSSR count). The van der Waals surface area contributed by atoms with Gasteiger partial charge in [-0.15, -0.1) is 11.6 Å². The predicted octanol–water partition coefficient (Wildman–Crippen LogP) is 2.90. The molecule has 3 aliphatic rings. The lowest BCUT2D eigenvalue weighted by Crippen LogP contribution is -2.62. The topological polar surface area (TPSA) is 93.3 Å². The third-order valence-electron chi connectivity index (χ3n) is 7.92. The van der Waals surface area contributed by atoms with Crippen molar-refractivity contribution in [2.24, 2.45) is 5.92 Å². The molecule has 9 nitrogen and oxygen atoms in total. The number of anilines is 1. The number of rotatable bonds is 6. The average Bonchev–Trinajstić information content (AvgIpc) is 3.10. The maximum Gasteiger partial charge on any atom is 0.245 e. The molecule has 11 heteroatoms. The van der Waals surface area contributed by atoms with E-state index in [-0.39, 0.29) is 40.6 Å². The summed E-state index contributed by atoms with van der Waals surface area (Å²) in [6.45, 7) is 6.41. The zero-order chi connectivity index (χ0) is 26.7. The molecule has 2 unspecified atom stereocenters. The van der Waals surface area contributed by atoms with Gasteiger partial charge in [-0.2, -0.15) is 4.31 Å². The van der Waals surface area contributed by atoms with Crippen LogP contribution in [0.5, 0.6) is 0 Å². The SMILES string of the molecule is Cc1ccc(NC(=O)CN2C(=O)C(C)C(Cl)CN2C2CCCCC2)cc1S(=O)(=O)N1CCCN(C)CC1. The predicted molar refractivity (Wildman–Crippen MR) is 145 cm³/mol. The number of likely N-dealkylation sites (N-methyl/N-ethyl adjacent to an activating group) is 1. The standard InChI is InChI=1S/C26H40ClN5O4S/c1-19-10-11-21(16-24(19)37(35,36)30-13-7-12-29(3)14-15-30)28-25(33)18-32-26(34)20(2)23(27)17-31(32)22-8-5-4-6-9-22/h10-11,16,20,22-23H,4-9,12-15,17-18H2,1-3H3,(H,28,33). The van der Waals surface area contributed by atoms with E-state index < -0.39 is 10.0 Å². The molecule has 2 amide bonds. The van der Waals surface area contributed by atoms with E-state index in [0.29, 0.717) is 37.4 Å². The molecule has 0 radical (unpaired) electrons. The zero-order valence-corrected chi connectivity index (χ0v) is 23.7. The van der Waals surface area contributed by atoms with Gasteiger partial charge in [-0.25, -0.2) is 13.4 Å². The summed E-state index contributed by atoms with van der Waals surface area (Å²) in [6, 6.07) is 5.15. The van der Waals surface area contributed by atoms with E-state index >= 15 is 0 Å². The van der Waals surface area contributed by atoms with Gasteiger partial charge in [0.25, 0.3) is 0 Å². The number of carbonyl (C=O) groups is 2. The highest BCUT2D eigenvalue weighted by Gasteiger charge is 2.41. The molecule has 2 saturated heterocycles. The summed E-state index contributed by atoms with van der Waals surface area (Å²) < 4.78 is 28.5. The minimum absolute atomic E-state index is 0.127. The van der Waals surface area contributed by atoms with Gasteiger partial charge >= 0.3 is 0 Å². The highest BCUT2D eigenvalue weighted by atomic mass is 35.5. The van der Waals surface area contributed by atoms with Gasteiger partial charge in [0.1, 0.15) is 6.54 Å². The van der Waals surface area contributed by atoms with Crippen molar-refractivity contribution >= 4 is 39.1 Å². The van der Waals surface area contributed by atoms with Crippen LogP contribution in [-0.2, 0) is 19.6 Å². The second-order valence-electron chi connectivity index (χ2n) is 10.7. The van der Waals surface area contributed by atoms with Gasteiger partial charge in [0.15, 0.2) is 0 Å². The van der Waals surface area contributed by atoms with Gasteiger partial charge in [0.05, 0.1) is 16.2 Å². The van der Waals surface area contributed by atoms with Crippen LogP contribution in [-0.4, -0.2) is 97.2 Å². The molecule has 1 aromatic rings. The lowest BCUT2D eigenvalue weighted by molar-refractivity contribution is -0.170. The summed E-state index contributed by atoms with van der Waals surface area (Å²) in [7, 11) is -1.71. The van der Waals surface area contributed by atoms with Gasteiger partial charge in [-0.3, -0.25) is 14.6 Å². The fourth-order valence-corrected chi connectivity index (χ4v) is 7.51. The lowest BCUT2D eigenvalue weighted by atomic mass is 9.93. The first-order chi connectivity index (χ1) is 17.6. The summed E-state index contributed by atoms with van der Waals surface area (Å²) in [5.41, 5.74) is 1.03. The number of nitrogens with one attached hydrogen (secondary N) is 1. The second-order valence-corrected chi connectivity index (χ2v) is 13.2. The number of amides is 2. The summed E-state index contributed by atoms with van der Waals surface area (Å²) in [5.74, 6) is -0.888. The number of halogens is 1. The van der Waals surface area contributed by atoms with Crippen LogP contribution in [0.25, 0.3) is 0 Å². The van der Waals surface area contributed by atoms with Crippen molar-refractivity contribution in [3.05, 3.63) is 23.8 Å². The molecule has 1 N–H and O–H groups in total. The maximum atomic E-state index is 13.5. The molecule has 2 atom stereocenters. The van der Waals surface area contributed by atoms with E-state index in [1.165, 1.54) is 16.8 Å². The van der Waals surface area contributed by atoms with Crippen LogP contribution in [0.2, 0.25) is 0 Å². The zero-order valence-electron chi connectivity index (χ0n) is 22.2. The van der Waals surface area contributed by atoms with Crippen LogP contribution in [0.15, 0.2) is 23.1 Å². The minimum Gasteiger partial charge on any atom is -0.324 e. The quantitative estimate of drug-likeness (QED) is 0.545. The van der Waals surface area contributed by atoms with E-state index in [0.717, 1.165) is 38.6 Å². The first-order valence-corrected chi connectivity index (χ1v) is 15.3. The molecule has 0 spiro atoms. The third kappa shape index (κ3) is 6.47. The van der Waals surface area contributed by atoms with E-state index in [4.69, 9.17) is 11.6 Å². The van der Waals surface area contributed by atoms with E-state index in [2.05, 4.69) is 10.2 Å². The van der Waals surface area contributed by atoms with Gasteiger partial charge in [-0.1, -0.05) is 32.3 Å². The minimum atomic E-state index is -3.70. The number of sulfonamides is 1. The summed E-state index contributed by atoms with van der Waals surface area (Å²) >= 11 is 6.51. The van der Waals surface area contributed by atoms with Crippen molar-refractivity contribution in [3.63, 3.8) is 0 Å². The number of nitrogens with zero attached hydrogens (tertiary/aromatic N) is 4. The molecule has 2 heterocycles. The van der Waals surface area contributed by atoms with Crippen LogP contribution < -0.4 is 5.32 Å². The summed E-state index contributed by atoms with van der Waals surface area (Å²) in [4.78, 5) is 28.6.